The summed E-state index contributed by atoms with van der Waals surface area (Å²) in [5, 5.41) is 5.28. The van der Waals surface area contributed by atoms with Crippen LogP contribution in [0.4, 0.5) is 0 Å². The lowest BCUT2D eigenvalue weighted by Gasteiger charge is -2.29. The second-order valence-corrected chi connectivity index (χ2v) is 7.98. The highest BCUT2D eigenvalue weighted by Crippen LogP contribution is 2.21. The van der Waals surface area contributed by atoms with Gasteiger partial charge in [-0.3, -0.25) is 9.59 Å². The van der Waals surface area contributed by atoms with E-state index in [9.17, 15) is 9.59 Å². The summed E-state index contributed by atoms with van der Waals surface area (Å²) in [5.41, 5.74) is 2.17. The standard InChI is InChI=1S/C26H30N2O2/c1-19(2)27-26(30)20(3)28(18-21-10-5-4-6-11-21)25(29)17-16-23-14-9-13-22-12-7-8-15-24(22)23/h4-15,19-20H,16-18H2,1-3H3,(H,27,30). The van der Waals surface area contributed by atoms with Crippen molar-refractivity contribution in [1.82, 2.24) is 10.2 Å². The monoisotopic (exact) mass is 402 g/mol. The van der Waals surface area contributed by atoms with Crippen molar-refractivity contribution in [3.8, 4) is 0 Å². The number of fused-ring (bicyclic) bond motifs is 1. The number of aryl methyl sites for hydroxylation is 1. The number of benzene rings is 3. The minimum atomic E-state index is -0.535. The minimum Gasteiger partial charge on any atom is -0.352 e. The maximum absolute atomic E-state index is 13.2. The topological polar surface area (TPSA) is 49.4 Å². The Morgan fingerprint density at radius 3 is 2.27 bits per heavy atom. The smallest absolute Gasteiger partial charge is 0.242 e. The van der Waals surface area contributed by atoms with Crippen molar-refractivity contribution in [2.75, 3.05) is 0 Å². The number of carbonyl (C=O) groups is 2. The van der Waals surface area contributed by atoms with Crippen molar-refractivity contribution >= 4 is 22.6 Å². The SMILES string of the molecule is CC(C)NC(=O)C(C)N(Cc1ccccc1)C(=O)CCc1cccc2ccccc12. The van der Waals surface area contributed by atoms with Gasteiger partial charge in [0.05, 0.1) is 0 Å². The van der Waals surface area contributed by atoms with E-state index in [4.69, 9.17) is 0 Å². The molecule has 0 spiro atoms. The van der Waals surface area contributed by atoms with Crippen molar-refractivity contribution in [2.45, 2.75) is 52.2 Å². The predicted molar refractivity (Wildman–Crippen MR) is 122 cm³/mol. The van der Waals surface area contributed by atoms with Crippen molar-refractivity contribution in [3.63, 3.8) is 0 Å². The molecule has 0 aliphatic heterocycles. The van der Waals surface area contributed by atoms with Crippen LogP contribution in [0.5, 0.6) is 0 Å². The van der Waals surface area contributed by atoms with Gasteiger partial charge in [-0.05, 0) is 49.1 Å². The number of hydrogen-bond donors (Lipinski definition) is 1. The molecule has 0 saturated carbocycles. The number of rotatable bonds is 8. The van der Waals surface area contributed by atoms with Crippen molar-refractivity contribution in [1.29, 1.82) is 0 Å². The van der Waals surface area contributed by atoms with E-state index in [0.29, 0.717) is 19.4 Å². The summed E-state index contributed by atoms with van der Waals surface area (Å²) < 4.78 is 0. The summed E-state index contributed by atoms with van der Waals surface area (Å²) in [6.45, 7) is 6.07. The summed E-state index contributed by atoms with van der Waals surface area (Å²) in [4.78, 5) is 27.6. The lowest BCUT2D eigenvalue weighted by atomic mass is 10.0. The molecule has 0 aliphatic rings. The van der Waals surface area contributed by atoms with Crippen LogP contribution >= 0.6 is 0 Å². The third-order valence-electron chi connectivity index (χ3n) is 5.28. The molecule has 0 aliphatic carbocycles. The van der Waals surface area contributed by atoms with Gasteiger partial charge in [0.1, 0.15) is 6.04 Å². The molecule has 0 saturated heterocycles. The Morgan fingerprint density at radius 1 is 0.867 bits per heavy atom. The van der Waals surface area contributed by atoms with Crippen LogP contribution in [0.3, 0.4) is 0 Å². The van der Waals surface area contributed by atoms with E-state index in [2.05, 4.69) is 29.6 Å². The highest BCUT2D eigenvalue weighted by atomic mass is 16.2. The molecule has 1 N–H and O–H groups in total. The lowest BCUT2D eigenvalue weighted by Crippen LogP contribution is -2.49. The van der Waals surface area contributed by atoms with Gasteiger partial charge in [-0.25, -0.2) is 0 Å². The summed E-state index contributed by atoms with van der Waals surface area (Å²) in [6.07, 6.45) is 1.00. The van der Waals surface area contributed by atoms with Crippen LogP contribution in [0.15, 0.2) is 72.8 Å². The Balaban J connectivity index is 1.77. The first-order valence-electron chi connectivity index (χ1n) is 10.6. The Labute approximate surface area is 178 Å². The van der Waals surface area contributed by atoms with Crippen molar-refractivity contribution < 1.29 is 9.59 Å². The molecule has 4 heteroatoms. The normalized spacial score (nSPS) is 12.0. The average Bonchev–Trinajstić information content (AvgIpc) is 2.75. The fourth-order valence-electron chi connectivity index (χ4n) is 3.66. The van der Waals surface area contributed by atoms with E-state index in [1.807, 2.05) is 62.4 Å². The van der Waals surface area contributed by atoms with E-state index >= 15 is 0 Å². The number of nitrogens with zero attached hydrogens (tertiary/aromatic N) is 1. The van der Waals surface area contributed by atoms with E-state index in [0.717, 1.165) is 11.1 Å². The van der Waals surface area contributed by atoms with Gasteiger partial charge in [0.15, 0.2) is 0 Å². The molecule has 30 heavy (non-hydrogen) atoms. The van der Waals surface area contributed by atoms with Crippen LogP contribution in [-0.2, 0) is 22.6 Å². The Hall–Kier alpha value is -3.14. The maximum atomic E-state index is 13.2. The number of carbonyl (C=O) groups excluding carboxylic acids is 2. The zero-order valence-electron chi connectivity index (χ0n) is 18.0. The zero-order valence-corrected chi connectivity index (χ0v) is 18.0. The Morgan fingerprint density at radius 2 is 1.53 bits per heavy atom. The quantitative estimate of drug-likeness (QED) is 0.593. The molecule has 0 fully saturated rings. The van der Waals surface area contributed by atoms with Gasteiger partial charge in [0, 0.05) is 19.0 Å². The molecule has 1 atom stereocenters. The van der Waals surface area contributed by atoms with Crippen LogP contribution in [0, 0.1) is 0 Å². The maximum Gasteiger partial charge on any atom is 0.242 e. The van der Waals surface area contributed by atoms with Gasteiger partial charge in [0.25, 0.3) is 0 Å². The summed E-state index contributed by atoms with van der Waals surface area (Å²) in [5.74, 6) is -0.141. The molecule has 2 amide bonds. The minimum absolute atomic E-state index is 0.0156. The van der Waals surface area contributed by atoms with E-state index < -0.39 is 6.04 Å². The fraction of sp³-hybridized carbons (Fsp3) is 0.308. The molecule has 0 radical (unpaired) electrons. The Kier molecular flexibility index (Phi) is 7.23. The third-order valence-corrected chi connectivity index (χ3v) is 5.28. The predicted octanol–water partition coefficient (Wildman–Crippen LogP) is 4.71. The van der Waals surface area contributed by atoms with Crippen LogP contribution < -0.4 is 5.32 Å². The molecule has 0 heterocycles. The molecular weight excluding hydrogens is 372 g/mol. The number of nitrogens with one attached hydrogen (secondary N) is 1. The van der Waals surface area contributed by atoms with Gasteiger partial charge in [-0.2, -0.15) is 0 Å². The summed E-state index contributed by atoms with van der Waals surface area (Å²) in [7, 11) is 0. The molecule has 3 aromatic rings. The molecule has 3 rings (SSSR count). The van der Waals surface area contributed by atoms with Crippen LogP contribution in [0.1, 0.15) is 38.3 Å². The molecule has 1 unspecified atom stereocenters. The van der Waals surface area contributed by atoms with Crippen LogP contribution in [0.2, 0.25) is 0 Å². The number of hydrogen-bond acceptors (Lipinski definition) is 2. The van der Waals surface area contributed by atoms with Gasteiger partial charge < -0.3 is 10.2 Å². The zero-order chi connectivity index (χ0) is 21.5. The van der Waals surface area contributed by atoms with E-state index in [1.54, 1.807) is 11.8 Å². The summed E-state index contributed by atoms with van der Waals surface area (Å²) in [6, 6.07) is 23.7. The van der Waals surface area contributed by atoms with Gasteiger partial charge in [0.2, 0.25) is 11.8 Å². The Bertz CT molecular complexity index is 993. The highest BCUT2D eigenvalue weighted by molar-refractivity contribution is 5.89. The molecule has 3 aromatic carbocycles. The lowest BCUT2D eigenvalue weighted by molar-refractivity contribution is -0.140. The number of amides is 2. The third kappa shape index (κ3) is 5.47. The molecule has 0 aromatic heterocycles. The highest BCUT2D eigenvalue weighted by Gasteiger charge is 2.26. The average molecular weight is 403 g/mol. The fourth-order valence-corrected chi connectivity index (χ4v) is 3.66. The summed E-state index contributed by atoms with van der Waals surface area (Å²) >= 11 is 0. The second kappa shape index (κ2) is 10.1. The van der Waals surface area contributed by atoms with E-state index in [-0.39, 0.29) is 17.9 Å². The molecule has 156 valence electrons. The molecule has 4 nitrogen and oxygen atoms in total. The first-order valence-corrected chi connectivity index (χ1v) is 10.6. The van der Waals surface area contributed by atoms with Gasteiger partial charge in [-0.15, -0.1) is 0 Å². The van der Waals surface area contributed by atoms with Gasteiger partial charge >= 0.3 is 0 Å². The second-order valence-electron chi connectivity index (χ2n) is 7.98. The first-order chi connectivity index (χ1) is 14.5. The van der Waals surface area contributed by atoms with Gasteiger partial charge in [-0.1, -0.05) is 72.8 Å². The van der Waals surface area contributed by atoms with Crippen molar-refractivity contribution in [3.05, 3.63) is 83.9 Å². The van der Waals surface area contributed by atoms with Crippen molar-refractivity contribution in [2.24, 2.45) is 0 Å². The molecular formula is C26H30N2O2. The van der Waals surface area contributed by atoms with Crippen LogP contribution in [0.25, 0.3) is 10.8 Å². The largest absolute Gasteiger partial charge is 0.352 e. The van der Waals surface area contributed by atoms with E-state index in [1.165, 1.54) is 10.8 Å². The van der Waals surface area contributed by atoms with Crippen LogP contribution in [-0.4, -0.2) is 28.8 Å². The molecule has 0 bridgehead atoms. The first kappa shape index (κ1) is 21.6.